The van der Waals surface area contributed by atoms with Crippen molar-refractivity contribution < 1.29 is 13.9 Å². The van der Waals surface area contributed by atoms with Crippen molar-refractivity contribution in [1.82, 2.24) is 9.97 Å². The van der Waals surface area contributed by atoms with Gasteiger partial charge in [0, 0.05) is 11.5 Å². The minimum Gasteiger partial charge on any atom is -0.488 e. The summed E-state index contributed by atoms with van der Waals surface area (Å²) in [6, 6.07) is 10.7. The van der Waals surface area contributed by atoms with Crippen LogP contribution in [0.5, 0.6) is 5.75 Å². The summed E-state index contributed by atoms with van der Waals surface area (Å²) in [5, 5.41) is 3.71. The number of nitrogens with one attached hydrogen (secondary N) is 2. The first-order chi connectivity index (χ1) is 14.8. The SMILES string of the molecule is C=C(C)COc1cc2oc(=O)c(CC(=O)Nc3nc4ccccc4[nH]3)c(C)c2cc1Cl. The summed E-state index contributed by atoms with van der Waals surface area (Å²) in [5.74, 6) is 0.327. The van der Waals surface area contributed by atoms with E-state index in [2.05, 4.69) is 21.9 Å². The third-order valence-corrected chi connectivity index (χ3v) is 5.09. The Bertz CT molecular complexity index is 1350. The molecule has 0 fully saturated rings. The molecule has 2 heterocycles. The Morgan fingerprint density at radius 2 is 2.10 bits per heavy atom. The highest BCUT2D eigenvalue weighted by Crippen LogP contribution is 2.32. The number of hydrogen-bond donors (Lipinski definition) is 2. The van der Waals surface area contributed by atoms with Crippen molar-refractivity contribution in [1.29, 1.82) is 0 Å². The van der Waals surface area contributed by atoms with Gasteiger partial charge in [-0.05, 0) is 43.2 Å². The highest BCUT2D eigenvalue weighted by Gasteiger charge is 2.18. The standard InChI is InChI=1S/C23H20ClN3O4/c1-12(2)11-30-20-10-19-14(8-16(20)24)13(3)15(22(29)31-19)9-21(28)27-23-25-17-6-4-5-7-18(17)26-23/h4-8,10H,1,9,11H2,2-3H3,(H2,25,26,27,28). The Balaban J connectivity index is 1.61. The summed E-state index contributed by atoms with van der Waals surface area (Å²) in [4.78, 5) is 32.5. The third kappa shape index (κ3) is 4.32. The van der Waals surface area contributed by atoms with Crippen LogP contribution in [0.15, 0.2) is 57.8 Å². The van der Waals surface area contributed by atoms with Gasteiger partial charge < -0.3 is 14.1 Å². The highest BCUT2D eigenvalue weighted by molar-refractivity contribution is 6.32. The number of imidazole rings is 1. The molecule has 0 aliphatic rings. The molecule has 0 aliphatic carbocycles. The molecule has 0 unspecified atom stereocenters. The topological polar surface area (TPSA) is 97.2 Å². The van der Waals surface area contributed by atoms with Crippen LogP contribution >= 0.6 is 11.6 Å². The van der Waals surface area contributed by atoms with Gasteiger partial charge in [-0.15, -0.1) is 0 Å². The van der Waals surface area contributed by atoms with E-state index in [1.807, 2.05) is 31.2 Å². The van der Waals surface area contributed by atoms with Crippen molar-refractivity contribution in [3.63, 3.8) is 0 Å². The fraction of sp³-hybridized carbons (Fsp3) is 0.174. The Morgan fingerprint density at radius 1 is 1.32 bits per heavy atom. The number of ether oxygens (including phenoxy) is 1. The molecular weight excluding hydrogens is 418 g/mol. The molecular formula is C23H20ClN3O4. The van der Waals surface area contributed by atoms with Crippen LogP contribution in [-0.2, 0) is 11.2 Å². The maximum Gasteiger partial charge on any atom is 0.340 e. The Morgan fingerprint density at radius 3 is 2.84 bits per heavy atom. The lowest BCUT2D eigenvalue weighted by molar-refractivity contribution is -0.115. The Kier molecular flexibility index (Phi) is 5.52. The molecule has 0 radical (unpaired) electrons. The summed E-state index contributed by atoms with van der Waals surface area (Å²) in [5.41, 5.74) is 3.01. The number of anilines is 1. The number of para-hydroxylation sites is 2. The largest absolute Gasteiger partial charge is 0.488 e. The fourth-order valence-corrected chi connectivity index (χ4v) is 3.47. The van der Waals surface area contributed by atoms with Crippen molar-refractivity contribution >= 4 is 45.5 Å². The smallest absolute Gasteiger partial charge is 0.340 e. The number of benzene rings is 2. The summed E-state index contributed by atoms with van der Waals surface area (Å²) in [6.07, 6.45) is -0.160. The molecule has 1 amide bonds. The number of aryl methyl sites for hydroxylation is 1. The van der Waals surface area contributed by atoms with Gasteiger partial charge in [-0.3, -0.25) is 10.1 Å². The van der Waals surface area contributed by atoms with E-state index in [-0.39, 0.29) is 17.9 Å². The number of carbonyl (C=O) groups excluding carboxylic acids is 1. The number of aromatic nitrogens is 2. The predicted octanol–water partition coefficient (Wildman–Crippen LogP) is 4.77. The monoisotopic (exact) mass is 437 g/mol. The van der Waals surface area contributed by atoms with Crippen LogP contribution in [0, 0.1) is 6.92 Å². The van der Waals surface area contributed by atoms with Crippen LogP contribution in [0.2, 0.25) is 5.02 Å². The van der Waals surface area contributed by atoms with E-state index in [1.165, 1.54) is 0 Å². The van der Waals surface area contributed by atoms with E-state index in [1.54, 1.807) is 19.1 Å². The van der Waals surface area contributed by atoms with Gasteiger partial charge in [0.1, 0.15) is 17.9 Å². The van der Waals surface area contributed by atoms with Gasteiger partial charge in [-0.2, -0.15) is 0 Å². The van der Waals surface area contributed by atoms with E-state index in [9.17, 15) is 9.59 Å². The lowest BCUT2D eigenvalue weighted by Crippen LogP contribution is -2.21. The number of amides is 1. The lowest BCUT2D eigenvalue weighted by Gasteiger charge is -2.11. The molecule has 0 bridgehead atoms. The number of H-pyrrole nitrogens is 1. The van der Waals surface area contributed by atoms with E-state index < -0.39 is 5.63 Å². The Labute approximate surface area is 182 Å². The third-order valence-electron chi connectivity index (χ3n) is 4.80. The zero-order valence-corrected chi connectivity index (χ0v) is 17.8. The first-order valence-corrected chi connectivity index (χ1v) is 9.97. The number of fused-ring (bicyclic) bond motifs is 2. The molecule has 31 heavy (non-hydrogen) atoms. The van der Waals surface area contributed by atoms with Gasteiger partial charge in [-0.25, -0.2) is 9.78 Å². The number of rotatable bonds is 6. The fourth-order valence-electron chi connectivity index (χ4n) is 3.25. The van der Waals surface area contributed by atoms with Crippen molar-refractivity contribution in [3.8, 4) is 5.75 Å². The summed E-state index contributed by atoms with van der Waals surface area (Å²) >= 11 is 6.34. The minimum atomic E-state index is -0.585. The molecule has 4 aromatic rings. The van der Waals surface area contributed by atoms with Crippen molar-refractivity contribution in [2.75, 3.05) is 11.9 Å². The van der Waals surface area contributed by atoms with Crippen LogP contribution in [0.25, 0.3) is 22.0 Å². The number of carbonyl (C=O) groups is 1. The van der Waals surface area contributed by atoms with E-state index in [4.69, 9.17) is 20.8 Å². The number of aromatic amines is 1. The average molecular weight is 438 g/mol. The van der Waals surface area contributed by atoms with E-state index in [0.717, 1.165) is 16.6 Å². The summed E-state index contributed by atoms with van der Waals surface area (Å²) in [6.45, 7) is 7.68. The molecule has 0 saturated heterocycles. The van der Waals surface area contributed by atoms with Gasteiger partial charge in [0.05, 0.1) is 28.0 Å². The van der Waals surface area contributed by atoms with Crippen molar-refractivity contribution in [3.05, 3.63) is 75.1 Å². The lowest BCUT2D eigenvalue weighted by atomic mass is 10.0. The normalized spacial score (nSPS) is 11.1. The van der Waals surface area contributed by atoms with E-state index in [0.29, 0.717) is 39.9 Å². The van der Waals surface area contributed by atoms with Crippen LogP contribution in [0.4, 0.5) is 5.95 Å². The molecule has 2 aromatic carbocycles. The summed E-state index contributed by atoms with van der Waals surface area (Å²) < 4.78 is 11.1. The molecule has 158 valence electrons. The highest BCUT2D eigenvalue weighted by atomic mass is 35.5. The van der Waals surface area contributed by atoms with Gasteiger partial charge in [0.15, 0.2) is 0 Å². The molecule has 2 aromatic heterocycles. The van der Waals surface area contributed by atoms with Crippen molar-refractivity contribution in [2.45, 2.75) is 20.3 Å². The Hall–Kier alpha value is -3.58. The zero-order valence-electron chi connectivity index (χ0n) is 17.0. The molecule has 4 rings (SSSR count). The van der Waals surface area contributed by atoms with E-state index >= 15 is 0 Å². The molecule has 0 saturated carbocycles. The van der Waals surface area contributed by atoms with Crippen LogP contribution in [0.3, 0.4) is 0 Å². The molecule has 2 N–H and O–H groups in total. The number of halogens is 1. The predicted molar refractivity (Wildman–Crippen MR) is 121 cm³/mol. The molecule has 0 atom stereocenters. The molecule has 8 heteroatoms. The maximum absolute atomic E-state index is 12.6. The van der Waals surface area contributed by atoms with Crippen LogP contribution in [-0.4, -0.2) is 22.5 Å². The number of hydrogen-bond acceptors (Lipinski definition) is 5. The second-order valence-corrected chi connectivity index (χ2v) is 7.75. The average Bonchev–Trinajstić information content (AvgIpc) is 3.12. The van der Waals surface area contributed by atoms with Gasteiger partial charge in [0.2, 0.25) is 11.9 Å². The minimum absolute atomic E-state index is 0.160. The van der Waals surface area contributed by atoms with Crippen LogP contribution in [0.1, 0.15) is 18.1 Å². The summed E-state index contributed by atoms with van der Waals surface area (Å²) in [7, 11) is 0. The zero-order chi connectivity index (χ0) is 22.1. The molecule has 0 aliphatic heterocycles. The maximum atomic E-state index is 12.6. The first kappa shape index (κ1) is 20.7. The van der Waals surface area contributed by atoms with Crippen LogP contribution < -0.4 is 15.7 Å². The first-order valence-electron chi connectivity index (χ1n) is 9.59. The van der Waals surface area contributed by atoms with Gasteiger partial charge >= 0.3 is 5.63 Å². The second-order valence-electron chi connectivity index (χ2n) is 7.35. The number of nitrogens with zero attached hydrogens (tertiary/aromatic N) is 1. The van der Waals surface area contributed by atoms with Gasteiger partial charge in [-0.1, -0.05) is 30.3 Å². The van der Waals surface area contributed by atoms with Crippen molar-refractivity contribution in [2.24, 2.45) is 0 Å². The molecule has 7 nitrogen and oxygen atoms in total. The van der Waals surface area contributed by atoms with Gasteiger partial charge in [0.25, 0.3) is 0 Å². The quantitative estimate of drug-likeness (QED) is 0.334. The second kappa shape index (κ2) is 8.28. The molecule has 0 spiro atoms.